The Morgan fingerprint density at radius 3 is 2.47 bits per heavy atom. The van der Waals surface area contributed by atoms with Crippen molar-refractivity contribution in [1.82, 2.24) is 5.32 Å². The first-order chi connectivity index (χ1) is 8.28. The first-order valence-electron chi connectivity index (χ1n) is 7.20. The Balaban J connectivity index is 3.81. The van der Waals surface area contributed by atoms with Crippen LogP contribution in [0.15, 0.2) is 0 Å². The smallest absolute Gasteiger partial charge is 0.0615 e. The van der Waals surface area contributed by atoms with Gasteiger partial charge in [-0.05, 0) is 38.3 Å². The summed E-state index contributed by atoms with van der Waals surface area (Å²) in [6.07, 6.45) is 7.45. The molecule has 2 atom stereocenters. The van der Waals surface area contributed by atoms with Gasteiger partial charge in [0.15, 0.2) is 0 Å². The van der Waals surface area contributed by atoms with Crippen LogP contribution < -0.4 is 11.1 Å². The van der Waals surface area contributed by atoms with Crippen LogP contribution in [0.4, 0.5) is 0 Å². The zero-order chi connectivity index (χ0) is 12.9. The fraction of sp³-hybridized carbons (Fsp3) is 1.00. The molecule has 0 radical (unpaired) electrons. The molecular formula is C14H32N2O. The van der Waals surface area contributed by atoms with E-state index in [1.807, 2.05) is 0 Å². The molecule has 0 heterocycles. The Morgan fingerprint density at radius 1 is 1.18 bits per heavy atom. The van der Waals surface area contributed by atoms with E-state index in [4.69, 9.17) is 10.5 Å². The number of methoxy groups -OCH3 is 1. The molecule has 0 saturated carbocycles. The van der Waals surface area contributed by atoms with Gasteiger partial charge < -0.3 is 15.8 Å². The first kappa shape index (κ1) is 16.9. The van der Waals surface area contributed by atoms with Gasteiger partial charge in [0, 0.05) is 13.2 Å². The molecule has 0 saturated heterocycles. The molecule has 0 aromatic rings. The van der Waals surface area contributed by atoms with E-state index in [0.29, 0.717) is 6.04 Å². The van der Waals surface area contributed by atoms with Gasteiger partial charge in [0.05, 0.1) is 6.61 Å². The van der Waals surface area contributed by atoms with Crippen LogP contribution in [0.1, 0.15) is 52.4 Å². The number of hydrogen-bond acceptors (Lipinski definition) is 3. The van der Waals surface area contributed by atoms with Gasteiger partial charge in [0.2, 0.25) is 0 Å². The highest BCUT2D eigenvalue weighted by atomic mass is 16.5. The summed E-state index contributed by atoms with van der Waals surface area (Å²) in [5.41, 5.74) is 5.55. The van der Waals surface area contributed by atoms with Crippen LogP contribution >= 0.6 is 0 Å². The van der Waals surface area contributed by atoms with Crippen LogP contribution in [0.25, 0.3) is 0 Å². The van der Waals surface area contributed by atoms with E-state index in [-0.39, 0.29) is 0 Å². The molecule has 0 spiro atoms. The molecule has 0 aromatic heterocycles. The van der Waals surface area contributed by atoms with Gasteiger partial charge in [-0.1, -0.05) is 33.1 Å². The number of unbranched alkanes of at least 4 members (excludes halogenated alkanes) is 1. The molecule has 0 fully saturated rings. The predicted molar refractivity (Wildman–Crippen MR) is 75.3 cm³/mol. The summed E-state index contributed by atoms with van der Waals surface area (Å²) in [6.45, 7) is 7.23. The van der Waals surface area contributed by atoms with Gasteiger partial charge in [0.25, 0.3) is 0 Å². The monoisotopic (exact) mass is 244 g/mol. The van der Waals surface area contributed by atoms with Crippen molar-refractivity contribution < 1.29 is 4.74 Å². The van der Waals surface area contributed by atoms with Crippen molar-refractivity contribution in [2.24, 2.45) is 11.7 Å². The Kier molecular flexibility index (Phi) is 12.3. The lowest BCUT2D eigenvalue weighted by Gasteiger charge is -2.22. The second-order valence-corrected chi connectivity index (χ2v) is 4.91. The molecule has 17 heavy (non-hydrogen) atoms. The van der Waals surface area contributed by atoms with Crippen molar-refractivity contribution >= 4 is 0 Å². The molecule has 2 unspecified atom stereocenters. The Morgan fingerprint density at radius 2 is 1.94 bits per heavy atom. The van der Waals surface area contributed by atoms with Gasteiger partial charge in [-0.3, -0.25) is 0 Å². The lowest BCUT2D eigenvalue weighted by atomic mass is 9.99. The molecule has 104 valence electrons. The second kappa shape index (κ2) is 12.3. The average molecular weight is 244 g/mol. The molecular weight excluding hydrogens is 212 g/mol. The van der Waals surface area contributed by atoms with Gasteiger partial charge in [0.1, 0.15) is 0 Å². The molecule has 0 rings (SSSR count). The molecule has 3 heteroatoms. The summed E-state index contributed by atoms with van der Waals surface area (Å²) in [7, 11) is 1.77. The Bertz CT molecular complexity index is 153. The van der Waals surface area contributed by atoms with E-state index >= 15 is 0 Å². The molecule has 0 amide bonds. The minimum atomic E-state index is 0.472. The van der Waals surface area contributed by atoms with Crippen LogP contribution in [0, 0.1) is 5.92 Å². The van der Waals surface area contributed by atoms with E-state index in [1.54, 1.807) is 7.11 Å². The van der Waals surface area contributed by atoms with Gasteiger partial charge in [-0.2, -0.15) is 0 Å². The van der Waals surface area contributed by atoms with Crippen molar-refractivity contribution in [3.05, 3.63) is 0 Å². The zero-order valence-electron chi connectivity index (χ0n) is 12.0. The molecule has 0 aliphatic heterocycles. The zero-order valence-corrected chi connectivity index (χ0v) is 12.0. The third kappa shape index (κ3) is 9.57. The molecule has 3 nitrogen and oxygen atoms in total. The Labute approximate surface area is 107 Å². The van der Waals surface area contributed by atoms with Crippen molar-refractivity contribution in [3.63, 3.8) is 0 Å². The summed E-state index contributed by atoms with van der Waals surface area (Å²) in [5, 5.41) is 3.63. The largest absolute Gasteiger partial charge is 0.383 e. The van der Waals surface area contributed by atoms with Gasteiger partial charge >= 0.3 is 0 Å². The van der Waals surface area contributed by atoms with E-state index < -0.39 is 0 Å². The minimum absolute atomic E-state index is 0.472. The minimum Gasteiger partial charge on any atom is -0.383 e. The standard InChI is InChI=1S/C14H32N2O/c1-4-6-8-13(5-2)11-16-14(12-17-3)9-7-10-15/h13-14,16H,4-12,15H2,1-3H3. The van der Waals surface area contributed by atoms with Crippen molar-refractivity contribution in [1.29, 1.82) is 0 Å². The molecule has 3 N–H and O–H groups in total. The van der Waals surface area contributed by atoms with Crippen molar-refractivity contribution in [2.75, 3.05) is 26.8 Å². The van der Waals surface area contributed by atoms with Crippen molar-refractivity contribution in [3.8, 4) is 0 Å². The number of nitrogens with one attached hydrogen (secondary N) is 1. The lowest BCUT2D eigenvalue weighted by Crippen LogP contribution is -2.37. The van der Waals surface area contributed by atoms with E-state index in [1.165, 1.54) is 25.7 Å². The topological polar surface area (TPSA) is 47.3 Å². The molecule has 0 aliphatic carbocycles. The van der Waals surface area contributed by atoms with E-state index in [9.17, 15) is 0 Å². The summed E-state index contributed by atoms with van der Waals surface area (Å²) in [6, 6.07) is 0.472. The van der Waals surface area contributed by atoms with Crippen LogP contribution in [-0.2, 0) is 4.74 Å². The number of hydrogen-bond donors (Lipinski definition) is 2. The molecule has 0 bridgehead atoms. The third-order valence-electron chi connectivity index (χ3n) is 3.36. The SMILES string of the molecule is CCCCC(CC)CNC(CCCN)COC. The Hall–Kier alpha value is -0.120. The number of nitrogens with two attached hydrogens (primary N) is 1. The normalized spacial score (nSPS) is 14.8. The maximum Gasteiger partial charge on any atom is 0.0615 e. The van der Waals surface area contributed by atoms with Crippen LogP contribution in [0.2, 0.25) is 0 Å². The molecule has 0 aliphatic rings. The maximum atomic E-state index is 5.55. The lowest BCUT2D eigenvalue weighted by molar-refractivity contribution is 0.158. The fourth-order valence-electron chi connectivity index (χ4n) is 2.09. The highest BCUT2D eigenvalue weighted by Gasteiger charge is 2.11. The van der Waals surface area contributed by atoms with Gasteiger partial charge in [-0.25, -0.2) is 0 Å². The number of ether oxygens (including phenoxy) is 1. The van der Waals surface area contributed by atoms with E-state index in [2.05, 4.69) is 19.2 Å². The highest BCUT2D eigenvalue weighted by Crippen LogP contribution is 2.12. The molecule has 0 aromatic carbocycles. The summed E-state index contributed by atoms with van der Waals surface area (Å²) >= 11 is 0. The predicted octanol–water partition coefficient (Wildman–Crippen LogP) is 2.55. The average Bonchev–Trinajstić information content (AvgIpc) is 2.35. The second-order valence-electron chi connectivity index (χ2n) is 4.91. The van der Waals surface area contributed by atoms with Crippen molar-refractivity contribution in [2.45, 2.75) is 58.4 Å². The summed E-state index contributed by atoms with van der Waals surface area (Å²) in [5.74, 6) is 0.812. The number of rotatable bonds is 12. The fourth-order valence-corrected chi connectivity index (χ4v) is 2.09. The quantitative estimate of drug-likeness (QED) is 0.554. The first-order valence-corrected chi connectivity index (χ1v) is 7.20. The van der Waals surface area contributed by atoms with Gasteiger partial charge in [-0.15, -0.1) is 0 Å². The summed E-state index contributed by atoms with van der Waals surface area (Å²) < 4.78 is 5.24. The van der Waals surface area contributed by atoms with Crippen LogP contribution in [-0.4, -0.2) is 32.8 Å². The van der Waals surface area contributed by atoms with Crippen LogP contribution in [0.5, 0.6) is 0 Å². The van der Waals surface area contributed by atoms with Crippen LogP contribution in [0.3, 0.4) is 0 Å². The highest BCUT2D eigenvalue weighted by molar-refractivity contribution is 4.69. The van der Waals surface area contributed by atoms with E-state index in [0.717, 1.165) is 38.5 Å². The third-order valence-corrected chi connectivity index (χ3v) is 3.36. The maximum absolute atomic E-state index is 5.55. The summed E-state index contributed by atoms with van der Waals surface area (Å²) in [4.78, 5) is 0.